The lowest BCUT2D eigenvalue weighted by Crippen LogP contribution is -2.37. The molecule has 156 valence electrons. The van der Waals surface area contributed by atoms with Crippen LogP contribution >= 0.6 is 0 Å². The summed E-state index contributed by atoms with van der Waals surface area (Å²) in [6, 6.07) is 14.4. The zero-order valence-corrected chi connectivity index (χ0v) is 17.2. The summed E-state index contributed by atoms with van der Waals surface area (Å²) in [5, 5.41) is 9.00. The van der Waals surface area contributed by atoms with E-state index in [-0.39, 0.29) is 12.0 Å². The number of hydrogen-bond acceptors (Lipinski definition) is 5. The fourth-order valence-electron chi connectivity index (χ4n) is 3.42. The molecule has 30 heavy (non-hydrogen) atoms. The standard InChI is InChI=1S/C24H26N2O4/c1-3-12-30-22-11-8-19(14-23(22)28-2)16-26(17-21-5-4-13-29-21)24(27)20-9-6-18(15-25)7-10-20/h3,6-11,14,21H,1,4-5,12-13,16-17H2,2H3/t21-/m0/s1. The van der Waals surface area contributed by atoms with E-state index >= 15 is 0 Å². The average Bonchev–Trinajstić information content (AvgIpc) is 3.30. The number of rotatable bonds is 9. The van der Waals surface area contributed by atoms with Crippen LogP contribution in [0.2, 0.25) is 0 Å². The van der Waals surface area contributed by atoms with Crippen LogP contribution < -0.4 is 9.47 Å². The third-order valence-corrected chi connectivity index (χ3v) is 4.95. The predicted octanol–water partition coefficient (Wildman–Crippen LogP) is 3.95. The lowest BCUT2D eigenvalue weighted by Gasteiger charge is -2.26. The van der Waals surface area contributed by atoms with E-state index in [2.05, 4.69) is 12.6 Å². The monoisotopic (exact) mass is 406 g/mol. The van der Waals surface area contributed by atoms with Crippen molar-refractivity contribution in [3.05, 3.63) is 71.8 Å². The van der Waals surface area contributed by atoms with Gasteiger partial charge >= 0.3 is 0 Å². The normalized spacial score (nSPS) is 15.3. The highest BCUT2D eigenvalue weighted by atomic mass is 16.5. The third kappa shape index (κ3) is 5.40. The van der Waals surface area contributed by atoms with E-state index in [0.717, 1.165) is 25.0 Å². The fraction of sp³-hybridized carbons (Fsp3) is 0.333. The summed E-state index contributed by atoms with van der Waals surface area (Å²) in [5.74, 6) is 1.14. The molecule has 1 aliphatic heterocycles. The van der Waals surface area contributed by atoms with Gasteiger partial charge in [-0.25, -0.2) is 0 Å². The number of benzene rings is 2. The summed E-state index contributed by atoms with van der Waals surface area (Å²) in [6.07, 6.45) is 3.65. The van der Waals surface area contributed by atoms with Crippen molar-refractivity contribution < 1.29 is 19.0 Å². The van der Waals surface area contributed by atoms with E-state index in [0.29, 0.717) is 42.3 Å². The van der Waals surface area contributed by atoms with Crippen LogP contribution in [0.15, 0.2) is 55.1 Å². The predicted molar refractivity (Wildman–Crippen MR) is 114 cm³/mol. The summed E-state index contributed by atoms with van der Waals surface area (Å²) < 4.78 is 16.8. The van der Waals surface area contributed by atoms with Gasteiger partial charge in [-0.3, -0.25) is 4.79 Å². The lowest BCUT2D eigenvalue weighted by atomic mass is 10.1. The Morgan fingerprint density at radius 2 is 2.10 bits per heavy atom. The SMILES string of the molecule is C=CCOc1ccc(CN(C[C@@H]2CCCO2)C(=O)c2ccc(C#N)cc2)cc1OC. The molecular formula is C24H26N2O4. The number of hydrogen-bond donors (Lipinski definition) is 0. The second-order valence-electron chi connectivity index (χ2n) is 7.09. The van der Waals surface area contributed by atoms with Crippen molar-refractivity contribution in [2.24, 2.45) is 0 Å². The molecule has 0 unspecified atom stereocenters. The molecule has 6 heteroatoms. The highest BCUT2D eigenvalue weighted by molar-refractivity contribution is 5.94. The zero-order valence-electron chi connectivity index (χ0n) is 17.2. The van der Waals surface area contributed by atoms with Gasteiger partial charge in [0.25, 0.3) is 5.91 Å². The molecule has 3 rings (SSSR count). The molecule has 1 saturated heterocycles. The zero-order chi connectivity index (χ0) is 21.3. The molecule has 1 aliphatic rings. The molecule has 1 atom stereocenters. The Bertz CT molecular complexity index is 912. The van der Waals surface area contributed by atoms with Crippen molar-refractivity contribution in [1.29, 1.82) is 5.26 Å². The van der Waals surface area contributed by atoms with Crippen LogP contribution in [0.25, 0.3) is 0 Å². The van der Waals surface area contributed by atoms with Crippen molar-refractivity contribution in [3.8, 4) is 17.6 Å². The molecule has 0 N–H and O–H groups in total. The van der Waals surface area contributed by atoms with Gasteiger partial charge in [0.15, 0.2) is 11.5 Å². The Balaban J connectivity index is 1.81. The van der Waals surface area contributed by atoms with E-state index < -0.39 is 0 Å². The summed E-state index contributed by atoms with van der Waals surface area (Å²) in [5.41, 5.74) is 2.00. The molecule has 0 radical (unpaired) electrons. The first-order valence-electron chi connectivity index (χ1n) is 9.96. The number of carbonyl (C=O) groups is 1. The van der Waals surface area contributed by atoms with E-state index in [1.807, 2.05) is 18.2 Å². The molecule has 0 spiro atoms. The van der Waals surface area contributed by atoms with Crippen molar-refractivity contribution in [3.63, 3.8) is 0 Å². The summed E-state index contributed by atoms with van der Waals surface area (Å²) in [4.78, 5) is 15.0. The average molecular weight is 406 g/mol. The van der Waals surface area contributed by atoms with Gasteiger partial charge in [0.1, 0.15) is 6.61 Å². The molecule has 1 amide bonds. The maximum atomic E-state index is 13.2. The smallest absolute Gasteiger partial charge is 0.254 e. The number of nitriles is 1. The van der Waals surface area contributed by atoms with Gasteiger partial charge in [0.2, 0.25) is 0 Å². The Hall–Kier alpha value is -3.30. The Morgan fingerprint density at radius 3 is 2.73 bits per heavy atom. The molecule has 6 nitrogen and oxygen atoms in total. The van der Waals surface area contributed by atoms with E-state index in [9.17, 15) is 4.79 Å². The third-order valence-electron chi connectivity index (χ3n) is 4.95. The molecule has 0 aromatic heterocycles. The number of nitrogens with zero attached hydrogens (tertiary/aromatic N) is 2. The fourth-order valence-corrected chi connectivity index (χ4v) is 3.42. The van der Waals surface area contributed by atoms with Gasteiger partial charge in [0, 0.05) is 25.3 Å². The topological polar surface area (TPSA) is 71.8 Å². The number of methoxy groups -OCH3 is 1. The molecule has 1 fully saturated rings. The van der Waals surface area contributed by atoms with Crippen LogP contribution in [0.5, 0.6) is 11.5 Å². The van der Waals surface area contributed by atoms with E-state index in [1.54, 1.807) is 42.4 Å². The number of ether oxygens (including phenoxy) is 3. The molecule has 1 heterocycles. The maximum absolute atomic E-state index is 13.2. The van der Waals surface area contributed by atoms with Crippen LogP contribution in [-0.2, 0) is 11.3 Å². The molecule has 0 bridgehead atoms. The Kier molecular flexibility index (Phi) is 7.47. The van der Waals surface area contributed by atoms with E-state index in [1.165, 1.54) is 0 Å². The lowest BCUT2D eigenvalue weighted by molar-refractivity contribution is 0.0507. The van der Waals surface area contributed by atoms with Gasteiger partial charge < -0.3 is 19.1 Å². The van der Waals surface area contributed by atoms with Crippen molar-refractivity contribution in [2.45, 2.75) is 25.5 Å². The summed E-state index contributed by atoms with van der Waals surface area (Å²) in [6.45, 7) is 5.70. The largest absolute Gasteiger partial charge is 0.493 e. The van der Waals surface area contributed by atoms with Crippen LogP contribution in [0.1, 0.15) is 34.3 Å². The molecule has 0 saturated carbocycles. The van der Waals surface area contributed by atoms with Crippen LogP contribution in [-0.4, -0.2) is 43.8 Å². The van der Waals surface area contributed by atoms with Crippen molar-refractivity contribution in [1.82, 2.24) is 4.90 Å². The minimum atomic E-state index is -0.0964. The van der Waals surface area contributed by atoms with Crippen molar-refractivity contribution >= 4 is 5.91 Å². The molecular weight excluding hydrogens is 380 g/mol. The highest BCUT2D eigenvalue weighted by Gasteiger charge is 2.24. The first-order chi connectivity index (χ1) is 14.6. The summed E-state index contributed by atoms with van der Waals surface area (Å²) in [7, 11) is 1.59. The maximum Gasteiger partial charge on any atom is 0.254 e. The highest BCUT2D eigenvalue weighted by Crippen LogP contribution is 2.29. The van der Waals surface area contributed by atoms with Gasteiger partial charge in [0.05, 0.1) is 24.8 Å². The first-order valence-corrected chi connectivity index (χ1v) is 9.96. The second kappa shape index (κ2) is 10.5. The molecule has 2 aromatic carbocycles. The molecule has 0 aliphatic carbocycles. The van der Waals surface area contributed by atoms with E-state index in [4.69, 9.17) is 19.5 Å². The van der Waals surface area contributed by atoms with Crippen LogP contribution in [0.3, 0.4) is 0 Å². The van der Waals surface area contributed by atoms with Gasteiger partial charge in [-0.1, -0.05) is 18.7 Å². The minimum absolute atomic E-state index is 0.0319. The second-order valence-corrected chi connectivity index (χ2v) is 7.09. The van der Waals surface area contributed by atoms with Crippen LogP contribution in [0, 0.1) is 11.3 Å². The van der Waals surface area contributed by atoms with Crippen molar-refractivity contribution in [2.75, 3.05) is 26.9 Å². The van der Waals surface area contributed by atoms with Gasteiger partial charge in [-0.2, -0.15) is 5.26 Å². The minimum Gasteiger partial charge on any atom is -0.493 e. The van der Waals surface area contributed by atoms with Crippen LogP contribution in [0.4, 0.5) is 0 Å². The number of carbonyl (C=O) groups excluding carboxylic acids is 1. The Labute approximate surface area is 177 Å². The van der Waals surface area contributed by atoms with Gasteiger partial charge in [-0.15, -0.1) is 0 Å². The first kappa shape index (κ1) is 21.4. The summed E-state index contributed by atoms with van der Waals surface area (Å²) >= 11 is 0. The molecule has 2 aromatic rings. The number of amides is 1. The van der Waals surface area contributed by atoms with Gasteiger partial charge in [-0.05, 0) is 54.8 Å². The quantitative estimate of drug-likeness (QED) is 0.590. The Morgan fingerprint density at radius 1 is 1.30 bits per heavy atom.